The number of fused-ring (bicyclic) bond motifs is 1. The van der Waals surface area contributed by atoms with Gasteiger partial charge < -0.3 is 4.74 Å². The molecule has 16 heavy (non-hydrogen) atoms. The van der Waals surface area contributed by atoms with Crippen LogP contribution >= 0.6 is 0 Å². The first-order valence-corrected chi connectivity index (χ1v) is 4.54. The average molecular weight is 230 g/mol. The van der Waals surface area contributed by atoms with Gasteiger partial charge in [0.25, 0.3) is 0 Å². The molecule has 0 fully saturated rings. The number of hydrogen-bond acceptors (Lipinski definition) is 2. The van der Waals surface area contributed by atoms with Crippen LogP contribution in [0, 0.1) is 6.92 Å². The molecule has 0 unspecified atom stereocenters. The Balaban J connectivity index is 2.77. The monoisotopic (exact) mass is 230 g/mol. The summed E-state index contributed by atoms with van der Waals surface area (Å²) in [6.07, 6.45) is -4.44. The molecule has 2 aromatic rings. The summed E-state index contributed by atoms with van der Waals surface area (Å²) in [5.41, 5.74) is -0.380. The summed E-state index contributed by atoms with van der Waals surface area (Å²) in [7, 11) is 1.39. The molecule has 0 amide bonds. The lowest BCUT2D eigenvalue weighted by Gasteiger charge is -2.02. The van der Waals surface area contributed by atoms with E-state index in [0.29, 0.717) is 5.52 Å². The fourth-order valence-corrected chi connectivity index (χ4v) is 1.59. The van der Waals surface area contributed by atoms with Gasteiger partial charge in [-0.2, -0.15) is 18.3 Å². The molecule has 0 saturated carbocycles. The third kappa shape index (κ3) is 1.50. The Hall–Kier alpha value is -1.72. The maximum absolute atomic E-state index is 12.6. The average Bonchev–Trinajstić information content (AvgIpc) is 2.56. The normalized spacial score (nSPS) is 12.1. The molecule has 0 aliphatic rings. The number of alkyl halides is 3. The van der Waals surface area contributed by atoms with E-state index in [1.165, 1.54) is 14.0 Å². The van der Waals surface area contributed by atoms with Gasteiger partial charge in [-0.05, 0) is 13.0 Å². The van der Waals surface area contributed by atoms with E-state index in [9.17, 15) is 13.2 Å². The number of nitrogens with zero attached hydrogens (tertiary/aromatic N) is 2. The van der Waals surface area contributed by atoms with Gasteiger partial charge in [-0.3, -0.25) is 0 Å². The van der Waals surface area contributed by atoms with Crippen molar-refractivity contribution < 1.29 is 17.9 Å². The number of rotatable bonds is 1. The van der Waals surface area contributed by atoms with Crippen molar-refractivity contribution in [3.8, 4) is 5.88 Å². The third-order valence-corrected chi connectivity index (χ3v) is 2.35. The molecule has 0 N–H and O–H groups in total. The van der Waals surface area contributed by atoms with Gasteiger partial charge in [0.1, 0.15) is 0 Å². The van der Waals surface area contributed by atoms with E-state index in [1.54, 1.807) is 18.2 Å². The molecule has 0 saturated heterocycles. The lowest BCUT2D eigenvalue weighted by molar-refractivity contribution is -0.141. The Bertz CT molecular complexity index is 531. The second-order valence-electron chi connectivity index (χ2n) is 3.34. The van der Waals surface area contributed by atoms with Crippen LogP contribution in [0.1, 0.15) is 11.3 Å². The highest BCUT2D eigenvalue weighted by atomic mass is 19.4. The molecule has 86 valence electrons. The van der Waals surface area contributed by atoms with Crippen LogP contribution in [0.25, 0.3) is 5.52 Å². The summed E-state index contributed by atoms with van der Waals surface area (Å²) >= 11 is 0. The van der Waals surface area contributed by atoms with Gasteiger partial charge in [0.2, 0.25) is 5.88 Å². The number of aryl methyl sites for hydroxylation is 1. The summed E-state index contributed by atoms with van der Waals surface area (Å²) in [4.78, 5) is 0. The van der Waals surface area contributed by atoms with E-state index in [0.717, 1.165) is 4.52 Å². The van der Waals surface area contributed by atoms with Gasteiger partial charge >= 0.3 is 6.18 Å². The standard InChI is InChI=1S/C10H9F3N2O/c1-6-7-4-3-5-8(16-2)15(7)14-9(6)10(11,12)13/h3-5H,1-2H3. The van der Waals surface area contributed by atoms with Crippen LogP contribution in [0.2, 0.25) is 0 Å². The van der Waals surface area contributed by atoms with Gasteiger partial charge in [-0.15, -0.1) is 0 Å². The van der Waals surface area contributed by atoms with Crippen LogP contribution in [-0.4, -0.2) is 16.7 Å². The van der Waals surface area contributed by atoms with E-state index in [4.69, 9.17) is 4.74 Å². The predicted molar refractivity (Wildman–Crippen MR) is 51.5 cm³/mol. The smallest absolute Gasteiger partial charge is 0.435 e. The van der Waals surface area contributed by atoms with Crippen LogP contribution in [0.5, 0.6) is 5.88 Å². The van der Waals surface area contributed by atoms with Crippen LogP contribution in [0.3, 0.4) is 0 Å². The summed E-state index contributed by atoms with van der Waals surface area (Å²) in [6.45, 7) is 1.39. The molecule has 3 nitrogen and oxygen atoms in total. The number of hydrogen-bond donors (Lipinski definition) is 0. The fourth-order valence-electron chi connectivity index (χ4n) is 1.59. The van der Waals surface area contributed by atoms with Crippen molar-refractivity contribution in [3.05, 3.63) is 29.5 Å². The molecule has 0 spiro atoms. The highest BCUT2D eigenvalue weighted by molar-refractivity contribution is 5.58. The molecule has 0 aromatic carbocycles. The van der Waals surface area contributed by atoms with Crippen molar-refractivity contribution in [2.45, 2.75) is 13.1 Å². The number of halogens is 3. The second-order valence-corrected chi connectivity index (χ2v) is 3.34. The van der Waals surface area contributed by atoms with Crippen molar-refractivity contribution in [1.29, 1.82) is 0 Å². The second kappa shape index (κ2) is 3.40. The molecule has 0 atom stereocenters. The van der Waals surface area contributed by atoms with Crippen molar-refractivity contribution >= 4 is 5.52 Å². The molecule has 0 aliphatic heterocycles. The molecule has 0 aliphatic carbocycles. The zero-order valence-electron chi connectivity index (χ0n) is 8.67. The maximum atomic E-state index is 12.6. The van der Waals surface area contributed by atoms with E-state index >= 15 is 0 Å². The number of methoxy groups -OCH3 is 1. The first-order valence-electron chi connectivity index (χ1n) is 4.54. The molecular weight excluding hydrogens is 221 g/mol. The van der Waals surface area contributed by atoms with E-state index in [1.807, 2.05) is 0 Å². The highest BCUT2D eigenvalue weighted by Gasteiger charge is 2.36. The van der Waals surface area contributed by atoms with Crippen molar-refractivity contribution in [1.82, 2.24) is 9.61 Å². The molecule has 0 radical (unpaired) electrons. The Labute approximate surface area is 89.4 Å². The zero-order chi connectivity index (χ0) is 11.9. The van der Waals surface area contributed by atoms with Gasteiger partial charge in [0, 0.05) is 11.6 Å². The van der Waals surface area contributed by atoms with E-state index in [-0.39, 0.29) is 11.4 Å². The van der Waals surface area contributed by atoms with Crippen LogP contribution in [0.15, 0.2) is 18.2 Å². The Morgan fingerprint density at radius 2 is 2.00 bits per heavy atom. The molecular formula is C10H9F3N2O. The molecule has 2 heterocycles. The third-order valence-electron chi connectivity index (χ3n) is 2.35. The predicted octanol–water partition coefficient (Wildman–Crippen LogP) is 2.67. The van der Waals surface area contributed by atoms with Crippen LogP contribution in [-0.2, 0) is 6.18 Å². The molecule has 0 bridgehead atoms. The SMILES string of the molecule is COc1cccc2c(C)c(C(F)(F)F)nn12. The van der Waals surface area contributed by atoms with E-state index in [2.05, 4.69) is 5.10 Å². The van der Waals surface area contributed by atoms with Gasteiger partial charge in [0.05, 0.1) is 12.6 Å². The minimum absolute atomic E-state index is 0.103. The van der Waals surface area contributed by atoms with Gasteiger partial charge in [-0.25, -0.2) is 4.52 Å². The van der Waals surface area contributed by atoms with Crippen LogP contribution < -0.4 is 4.74 Å². The molecule has 2 rings (SSSR count). The summed E-state index contributed by atoms with van der Waals surface area (Å²) < 4.78 is 43.9. The zero-order valence-corrected chi connectivity index (χ0v) is 8.67. The first-order chi connectivity index (χ1) is 7.45. The lowest BCUT2D eigenvalue weighted by Crippen LogP contribution is -2.07. The van der Waals surface area contributed by atoms with Gasteiger partial charge in [-0.1, -0.05) is 6.07 Å². The number of pyridine rings is 1. The van der Waals surface area contributed by atoms with E-state index < -0.39 is 11.9 Å². The molecule has 6 heteroatoms. The summed E-state index contributed by atoms with van der Waals surface area (Å²) in [5.74, 6) is 0.274. The van der Waals surface area contributed by atoms with Crippen LogP contribution in [0.4, 0.5) is 13.2 Å². The quantitative estimate of drug-likeness (QED) is 0.752. The first kappa shape index (κ1) is 10.8. The summed E-state index contributed by atoms with van der Waals surface area (Å²) in [6, 6.07) is 4.75. The van der Waals surface area contributed by atoms with Crippen molar-refractivity contribution in [3.63, 3.8) is 0 Å². The minimum atomic E-state index is -4.44. The molecule has 2 aromatic heterocycles. The van der Waals surface area contributed by atoms with Crippen molar-refractivity contribution in [2.75, 3.05) is 7.11 Å². The van der Waals surface area contributed by atoms with Crippen molar-refractivity contribution in [2.24, 2.45) is 0 Å². The maximum Gasteiger partial charge on any atom is 0.435 e. The largest absolute Gasteiger partial charge is 0.481 e. The Kier molecular flexibility index (Phi) is 2.29. The minimum Gasteiger partial charge on any atom is -0.481 e. The van der Waals surface area contributed by atoms with Gasteiger partial charge in [0.15, 0.2) is 5.69 Å². The summed E-state index contributed by atoms with van der Waals surface area (Å²) in [5, 5.41) is 3.52. The Morgan fingerprint density at radius 3 is 2.56 bits per heavy atom. The highest BCUT2D eigenvalue weighted by Crippen LogP contribution is 2.33. The fraction of sp³-hybridized carbons (Fsp3) is 0.300. The topological polar surface area (TPSA) is 26.5 Å². The number of aromatic nitrogens is 2. The Morgan fingerprint density at radius 1 is 1.31 bits per heavy atom. The lowest BCUT2D eigenvalue weighted by atomic mass is 10.2. The number of ether oxygens (including phenoxy) is 1.